The molecule has 1 aliphatic rings. The lowest BCUT2D eigenvalue weighted by Crippen LogP contribution is -2.31. The highest BCUT2D eigenvalue weighted by Gasteiger charge is 2.24. The van der Waals surface area contributed by atoms with Crippen molar-refractivity contribution in [2.75, 3.05) is 6.54 Å². The number of carbonyl (C=O) groups is 1. The maximum atomic E-state index is 13.8. The first kappa shape index (κ1) is 25.0. The van der Waals surface area contributed by atoms with Crippen molar-refractivity contribution in [1.82, 2.24) is 20.0 Å². The summed E-state index contributed by atoms with van der Waals surface area (Å²) in [6, 6.07) is 18.3. The average Bonchev–Trinajstić information content (AvgIpc) is 2.93. The second-order valence-corrected chi connectivity index (χ2v) is 11.1. The van der Waals surface area contributed by atoms with Crippen LogP contribution < -0.4 is 10.0 Å². The van der Waals surface area contributed by atoms with Gasteiger partial charge >= 0.3 is 0 Å². The highest BCUT2D eigenvalue weighted by molar-refractivity contribution is 7.89. The first-order chi connectivity index (χ1) is 18.0. The Morgan fingerprint density at radius 1 is 1.08 bits per heavy atom. The van der Waals surface area contributed by atoms with E-state index in [1.165, 1.54) is 11.6 Å². The Balaban J connectivity index is 1.57. The minimum absolute atomic E-state index is 0.106. The van der Waals surface area contributed by atoms with Crippen molar-refractivity contribution < 1.29 is 13.2 Å². The second kappa shape index (κ2) is 10.8. The van der Waals surface area contributed by atoms with Gasteiger partial charge < -0.3 is 5.32 Å². The molecule has 0 spiro atoms. The van der Waals surface area contributed by atoms with Gasteiger partial charge in [-0.2, -0.15) is 0 Å². The van der Waals surface area contributed by atoms with E-state index in [0.29, 0.717) is 28.7 Å². The lowest BCUT2D eigenvalue weighted by molar-refractivity contribution is 0.0934. The van der Waals surface area contributed by atoms with Gasteiger partial charge in [-0.3, -0.25) is 9.78 Å². The maximum Gasteiger partial charge on any atom is 0.252 e. The minimum atomic E-state index is -3.72. The predicted octanol–water partition coefficient (Wildman–Crippen LogP) is 5.18. The van der Waals surface area contributed by atoms with Crippen LogP contribution in [0.5, 0.6) is 0 Å². The molecule has 2 N–H and O–H groups in total. The quantitative estimate of drug-likeness (QED) is 0.316. The van der Waals surface area contributed by atoms with Crippen molar-refractivity contribution in [3.8, 4) is 11.3 Å². The number of aromatic nitrogens is 2. The molecule has 0 radical (unpaired) electrons. The molecule has 2 heterocycles. The number of rotatable bonds is 8. The summed E-state index contributed by atoms with van der Waals surface area (Å²) in [6.45, 7) is 2.37. The van der Waals surface area contributed by atoms with Crippen molar-refractivity contribution in [1.29, 1.82) is 0 Å². The molecule has 7 nitrogen and oxygen atoms in total. The summed E-state index contributed by atoms with van der Waals surface area (Å²) in [7, 11) is -3.72. The molecule has 0 saturated carbocycles. The van der Waals surface area contributed by atoms with Crippen LogP contribution in [-0.4, -0.2) is 30.8 Å². The van der Waals surface area contributed by atoms with E-state index in [4.69, 9.17) is 4.98 Å². The number of nitrogens with zero attached hydrogens (tertiary/aromatic N) is 2. The molecule has 4 aromatic rings. The Morgan fingerprint density at radius 3 is 2.76 bits per heavy atom. The van der Waals surface area contributed by atoms with Gasteiger partial charge in [0.25, 0.3) is 5.91 Å². The molecule has 8 heteroatoms. The molecule has 2 aromatic heterocycles. The van der Waals surface area contributed by atoms with Crippen LogP contribution in [0, 0.1) is 0 Å². The predicted molar refractivity (Wildman–Crippen MR) is 145 cm³/mol. The molecule has 0 bridgehead atoms. The Hall–Kier alpha value is -3.62. The van der Waals surface area contributed by atoms with Crippen molar-refractivity contribution >= 4 is 26.8 Å². The van der Waals surface area contributed by atoms with Gasteiger partial charge in [-0.15, -0.1) is 0 Å². The highest BCUT2D eigenvalue weighted by atomic mass is 32.2. The van der Waals surface area contributed by atoms with E-state index in [1.807, 2.05) is 31.2 Å². The van der Waals surface area contributed by atoms with Crippen molar-refractivity contribution in [2.24, 2.45) is 0 Å². The minimum Gasteiger partial charge on any atom is -0.345 e. The lowest BCUT2D eigenvalue weighted by Gasteiger charge is -2.26. The van der Waals surface area contributed by atoms with Gasteiger partial charge in [0.05, 0.1) is 27.7 Å². The number of nitrogens with one attached hydrogen (secondary N) is 2. The summed E-state index contributed by atoms with van der Waals surface area (Å²) in [5.74, 6) is -0.257. The Labute approximate surface area is 217 Å². The standard InChI is InChI=1S/C29H30N4O3S/c1-2-3-16-31-37(35,36)22-13-14-27-24(17-22)25(18-28(32-27)21-10-7-15-30-19-21)29(34)33-26-12-6-9-20-8-4-5-11-23(20)26/h4-5,7-8,10-11,13-15,17-19,26,31H,2-3,6,9,12,16H2,1H3,(H,33,34)/t26-/m0/s1. The SMILES string of the molecule is CCCCNS(=O)(=O)c1ccc2nc(-c3cccnc3)cc(C(=O)N[C@H]3CCCc4ccccc43)c2c1. The summed E-state index contributed by atoms with van der Waals surface area (Å²) < 4.78 is 28.5. The highest BCUT2D eigenvalue weighted by Crippen LogP contribution is 2.31. The number of sulfonamides is 1. The zero-order chi connectivity index (χ0) is 25.8. The van der Waals surface area contributed by atoms with E-state index in [9.17, 15) is 13.2 Å². The zero-order valence-corrected chi connectivity index (χ0v) is 21.6. The number of aryl methyl sites for hydroxylation is 1. The molecular formula is C29H30N4O3S. The van der Waals surface area contributed by atoms with Gasteiger partial charge in [-0.25, -0.2) is 18.1 Å². The average molecular weight is 515 g/mol. The van der Waals surface area contributed by atoms with Gasteiger partial charge in [0.1, 0.15) is 0 Å². The van der Waals surface area contributed by atoms with Gasteiger partial charge in [0.15, 0.2) is 0 Å². The summed E-state index contributed by atoms with van der Waals surface area (Å²) in [5, 5.41) is 3.71. The molecule has 2 aromatic carbocycles. The first-order valence-corrected chi connectivity index (χ1v) is 14.2. The second-order valence-electron chi connectivity index (χ2n) is 9.34. The number of carbonyl (C=O) groups excluding carboxylic acids is 1. The molecular weight excluding hydrogens is 484 g/mol. The molecule has 0 fully saturated rings. The number of unbranched alkanes of at least 4 members (excludes halogenated alkanes) is 1. The fourth-order valence-electron chi connectivity index (χ4n) is 4.83. The lowest BCUT2D eigenvalue weighted by atomic mass is 9.87. The van der Waals surface area contributed by atoms with Crippen molar-refractivity contribution in [3.63, 3.8) is 0 Å². The third-order valence-electron chi connectivity index (χ3n) is 6.79. The number of fused-ring (bicyclic) bond motifs is 2. The molecule has 1 atom stereocenters. The number of hydrogen-bond acceptors (Lipinski definition) is 5. The molecule has 0 saturated heterocycles. The number of amides is 1. The number of hydrogen-bond donors (Lipinski definition) is 2. The topological polar surface area (TPSA) is 101 Å². The van der Waals surface area contributed by atoms with E-state index in [0.717, 1.165) is 43.2 Å². The first-order valence-electron chi connectivity index (χ1n) is 12.7. The van der Waals surface area contributed by atoms with Gasteiger partial charge in [-0.1, -0.05) is 37.6 Å². The van der Waals surface area contributed by atoms with E-state index >= 15 is 0 Å². The Kier molecular flexibility index (Phi) is 7.30. The Bertz CT molecular complexity index is 1540. The third-order valence-corrected chi connectivity index (χ3v) is 8.25. The zero-order valence-electron chi connectivity index (χ0n) is 20.8. The summed E-state index contributed by atoms with van der Waals surface area (Å²) >= 11 is 0. The number of pyridine rings is 2. The van der Waals surface area contributed by atoms with Crippen molar-refractivity contribution in [2.45, 2.75) is 50.0 Å². The van der Waals surface area contributed by atoms with Crippen LogP contribution in [0.15, 0.2) is 78.0 Å². The molecule has 0 unspecified atom stereocenters. The molecule has 0 aliphatic heterocycles. The largest absolute Gasteiger partial charge is 0.345 e. The van der Waals surface area contributed by atoms with Crippen LogP contribution in [0.2, 0.25) is 0 Å². The van der Waals surface area contributed by atoms with Crippen LogP contribution in [0.4, 0.5) is 0 Å². The fourth-order valence-corrected chi connectivity index (χ4v) is 5.93. The normalized spacial score (nSPS) is 15.3. The molecule has 37 heavy (non-hydrogen) atoms. The summed E-state index contributed by atoms with van der Waals surface area (Å²) in [6.07, 6.45) is 7.85. The van der Waals surface area contributed by atoms with Crippen LogP contribution in [-0.2, 0) is 16.4 Å². The van der Waals surface area contributed by atoms with Gasteiger partial charge in [0, 0.05) is 29.9 Å². The summed E-state index contributed by atoms with van der Waals surface area (Å²) in [5.41, 5.74) is 4.70. The summed E-state index contributed by atoms with van der Waals surface area (Å²) in [4.78, 5) is 22.8. The number of benzene rings is 2. The van der Waals surface area contributed by atoms with Crippen LogP contribution in [0.25, 0.3) is 22.2 Å². The molecule has 1 amide bonds. The van der Waals surface area contributed by atoms with E-state index in [2.05, 4.69) is 27.2 Å². The van der Waals surface area contributed by atoms with E-state index in [1.54, 1.807) is 30.6 Å². The van der Waals surface area contributed by atoms with Crippen LogP contribution >= 0.6 is 0 Å². The van der Waals surface area contributed by atoms with E-state index in [-0.39, 0.29) is 16.8 Å². The Morgan fingerprint density at radius 2 is 1.95 bits per heavy atom. The molecule has 1 aliphatic carbocycles. The van der Waals surface area contributed by atoms with Gasteiger partial charge in [0.2, 0.25) is 10.0 Å². The van der Waals surface area contributed by atoms with Gasteiger partial charge in [-0.05, 0) is 73.2 Å². The fraction of sp³-hybridized carbons (Fsp3) is 0.276. The molecule has 190 valence electrons. The van der Waals surface area contributed by atoms with Crippen molar-refractivity contribution in [3.05, 3.63) is 89.7 Å². The van der Waals surface area contributed by atoms with Crippen LogP contribution in [0.3, 0.4) is 0 Å². The third kappa shape index (κ3) is 5.40. The molecule has 5 rings (SSSR count). The smallest absolute Gasteiger partial charge is 0.252 e. The maximum absolute atomic E-state index is 13.8. The monoisotopic (exact) mass is 514 g/mol. The van der Waals surface area contributed by atoms with Crippen LogP contribution in [0.1, 0.15) is 60.1 Å². The van der Waals surface area contributed by atoms with E-state index < -0.39 is 10.0 Å².